The van der Waals surface area contributed by atoms with Gasteiger partial charge in [-0.2, -0.15) is 9.57 Å². The first-order chi connectivity index (χ1) is 15.2. The minimum atomic E-state index is -3.86. The summed E-state index contributed by atoms with van der Waals surface area (Å²) in [6.07, 6.45) is 0.813. The fraction of sp³-hybridized carbons (Fsp3) is 0.348. The van der Waals surface area contributed by atoms with Crippen molar-refractivity contribution in [1.82, 2.24) is 9.21 Å². The van der Waals surface area contributed by atoms with Crippen LogP contribution in [0.4, 0.5) is 5.69 Å². The van der Waals surface area contributed by atoms with Crippen molar-refractivity contribution in [3.8, 4) is 6.07 Å². The molecular formula is C23H26N4O3S2. The molecule has 1 fully saturated rings. The van der Waals surface area contributed by atoms with Crippen LogP contribution in [0.3, 0.4) is 0 Å². The maximum Gasteiger partial charge on any atom is 0.243 e. The van der Waals surface area contributed by atoms with Crippen LogP contribution in [-0.4, -0.2) is 54.6 Å². The number of nitrogens with zero attached hydrogens (tertiary/aromatic N) is 4. The Labute approximate surface area is 193 Å². The minimum absolute atomic E-state index is 0.0413. The molecule has 1 aliphatic heterocycles. The molecule has 0 unspecified atom stereocenters. The molecule has 1 amide bonds. The van der Waals surface area contributed by atoms with Gasteiger partial charge in [0.1, 0.15) is 0 Å². The zero-order valence-corrected chi connectivity index (χ0v) is 20.0. The van der Waals surface area contributed by atoms with Crippen molar-refractivity contribution in [1.29, 1.82) is 5.26 Å². The summed E-state index contributed by atoms with van der Waals surface area (Å²) in [7, 11) is -2.48. The van der Waals surface area contributed by atoms with Crippen molar-refractivity contribution in [3.63, 3.8) is 0 Å². The monoisotopic (exact) mass is 470 g/mol. The zero-order valence-electron chi connectivity index (χ0n) is 18.4. The fourth-order valence-electron chi connectivity index (χ4n) is 3.31. The number of rotatable bonds is 6. The average molecular weight is 471 g/mol. The Kier molecular flexibility index (Phi) is 7.72. The molecule has 1 heterocycles. The number of sulfonamides is 1. The van der Waals surface area contributed by atoms with Gasteiger partial charge in [0.2, 0.25) is 15.9 Å². The number of benzene rings is 2. The van der Waals surface area contributed by atoms with E-state index in [0.717, 1.165) is 27.7 Å². The van der Waals surface area contributed by atoms with Crippen LogP contribution in [0, 0.1) is 11.3 Å². The van der Waals surface area contributed by atoms with Crippen molar-refractivity contribution in [2.75, 3.05) is 25.9 Å². The van der Waals surface area contributed by atoms with Gasteiger partial charge in [-0.3, -0.25) is 9.69 Å². The van der Waals surface area contributed by atoms with E-state index >= 15 is 0 Å². The molecule has 0 bridgehead atoms. The lowest BCUT2D eigenvalue weighted by Crippen LogP contribution is -2.45. The summed E-state index contributed by atoms with van der Waals surface area (Å²) in [6, 6.07) is 15.5. The summed E-state index contributed by atoms with van der Waals surface area (Å²) in [4.78, 5) is 19.5. The number of thioether (sulfide) groups is 1. The van der Waals surface area contributed by atoms with Crippen molar-refractivity contribution < 1.29 is 13.2 Å². The number of hydrogen-bond donors (Lipinski definition) is 0. The predicted octanol–water partition coefficient (Wildman–Crippen LogP) is 3.96. The fourth-order valence-corrected chi connectivity index (χ4v) is 5.39. The Morgan fingerprint density at radius 2 is 1.91 bits per heavy atom. The highest BCUT2D eigenvalue weighted by molar-refractivity contribution is 8.13. The van der Waals surface area contributed by atoms with Gasteiger partial charge in [-0.15, -0.1) is 0 Å². The van der Waals surface area contributed by atoms with E-state index in [4.69, 9.17) is 10.3 Å². The first-order valence-electron chi connectivity index (χ1n) is 10.3. The molecule has 3 rings (SSSR count). The summed E-state index contributed by atoms with van der Waals surface area (Å²) in [5, 5.41) is 9.50. The van der Waals surface area contributed by atoms with Gasteiger partial charge in [0.05, 0.1) is 28.8 Å². The molecule has 2 aromatic carbocycles. The molecule has 32 heavy (non-hydrogen) atoms. The van der Waals surface area contributed by atoms with E-state index in [0.29, 0.717) is 17.3 Å². The highest BCUT2D eigenvalue weighted by atomic mass is 32.2. The molecule has 7 nitrogen and oxygen atoms in total. The molecule has 9 heteroatoms. The van der Waals surface area contributed by atoms with E-state index in [1.165, 1.54) is 43.1 Å². The molecule has 1 aliphatic rings. The maximum atomic E-state index is 13.1. The third kappa shape index (κ3) is 5.38. The molecule has 0 aliphatic carbocycles. The van der Waals surface area contributed by atoms with Crippen LogP contribution in [0.5, 0.6) is 0 Å². The van der Waals surface area contributed by atoms with Crippen LogP contribution in [0.25, 0.3) is 0 Å². The molecule has 168 valence electrons. The van der Waals surface area contributed by atoms with E-state index < -0.39 is 10.0 Å². The molecule has 0 N–H and O–H groups in total. The van der Waals surface area contributed by atoms with Crippen LogP contribution in [0.1, 0.15) is 37.3 Å². The molecular weight excluding hydrogens is 444 g/mol. The largest absolute Gasteiger partial charge is 0.290 e. The van der Waals surface area contributed by atoms with Gasteiger partial charge in [-0.05, 0) is 48.2 Å². The molecule has 1 saturated heterocycles. The molecule has 0 saturated carbocycles. The number of carbonyl (C=O) groups excluding carboxylic acids is 1. The molecule has 0 atom stereocenters. The van der Waals surface area contributed by atoms with Gasteiger partial charge in [0.15, 0.2) is 5.17 Å². The Hall–Kier alpha value is -2.67. The van der Waals surface area contributed by atoms with Gasteiger partial charge in [-0.1, -0.05) is 43.8 Å². The number of amides is 1. The number of para-hydroxylation sites is 1. The van der Waals surface area contributed by atoms with E-state index in [-0.39, 0.29) is 23.3 Å². The second-order valence-electron chi connectivity index (χ2n) is 7.75. The number of likely N-dealkylation sites (N-methyl/N-ethyl adjacent to an activating group) is 1. The second-order valence-corrected chi connectivity index (χ2v) is 10.9. The van der Waals surface area contributed by atoms with Gasteiger partial charge < -0.3 is 0 Å². The molecule has 2 aromatic rings. The molecule has 0 radical (unpaired) electrons. The SMILES string of the molecule is CC(C)c1ccccc1N=C1SCCCN1C(=O)CN(C)S(=O)(=O)c1ccc(C#N)cc1. The summed E-state index contributed by atoms with van der Waals surface area (Å²) >= 11 is 1.51. The first-order valence-corrected chi connectivity index (χ1v) is 12.7. The van der Waals surface area contributed by atoms with Crippen LogP contribution >= 0.6 is 11.8 Å². The topological polar surface area (TPSA) is 93.8 Å². The third-order valence-corrected chi connectivity index (χ3v) is 7.99. The van der Waals surface area contributed by atoms with Crippen LogP contribution in [0.2, 0.25) is 0 Å². The molecule has 0 spiro atoms. The van der Waals surface area contributed by atoms with Crippen molar-refractivity contribution >= 4 is 38.5 Å². The number of aliphatic imine (C=N–C) groups is 1. The second kappa shape index (κ2) is 10.3. The maximum absolute atomic E-state index is 13.1. The van der Waals surface area contributed by atoms with Crippen molar-refractivity contribution in [3.05, 3.63) is 59.7 Å². The number of carbonyl (C=O) groups is 1. The van der Waals surface area contributed by atoms with Crippen LogP contribution < -0.4 is 0 Å². The lowest BCUT2D eigenvalue weighted by Gasteiger charge is -2.29. The Balaban J connectivity index is 1.81. The predicted molar refractivity (Wildman–Crippen MR) is 127 cm³/mol. The van der Waals surface area contributed by atoms with E-state index in [2.05, 4.69) is 13.8 Å². The van der Waals surface area contributed by atoms with Gasteiger partial charge in [0, 0.05) is 19.3 Å². The highest BCUT2D eigenvalue weighted by Crippen LogP contribution is 2.29. The first kappa shape index (κ1) is 24.0. The Morgan fingerprint density at radius 1 is 1.22 bits per heavy atom. The number of nitriles is 1. The minimum Gasteiger partial charge on any atom is -0.290 e. The number of amidine groups is 1. The quantitative estimate of drug-likeness (QED) is 0.637. The summed E-state index contributed by atoms with van der Waals surface area (Å²) in [5.41, 5.74) is 2.29. The smallest absolute Gasteiger partial charge is 0.243 e. The van der Waals surface area contributed by atoms with E-state index in [9.17, 15) is 13.2 Å². The van der Waals surface area contributed by atoms with Gasteiger partial charge in [-0.25, -0.2) is 13.4 Å². The Morgan fingerprint density at radius 3 is 2.56 bits per heavy atom. The van der Waals surface area contributed by atoms with Crippen molar-refractivity contribution in [2.24, 2.45) is 4.99 Å². The summed E-state index contributed by atoms with van der Waals surface area (Å²) in [5.74, 6) is 0.820. The van der Waals surface area contributed by atoms with E-state index in [1.54, 1.807) is 4.90 Å². The van der Waals surface area contributed by atoms with E-state index in [1.807, 2.05) is 30.3 Å². The van der Waals surface area contributed by atoms with Gasteiger partial charge >= 0.3 is 0 Å². The third-order valence-electron chi connectivity index (χ3n) is 5.11. The number of hydrogen-bond acceptors (Lipinski definition) is 6. The normalized spacial score (nSPS) is 15.9. The Bertz CT molecular complexity index is 1150. The lowest BCUT2D eigenvalue weighted by molar-refractivity contribution is -0.127. The lowest BCUT2D eigenvalue weighted by atomic mass is 10.0. The summed E-state index contributed by atoms with van der Waals surface area (Å²) < 4.78 is 26.8. The van der Waals surface area contributed by atoms with Gasteiger partial charge in [0.25, 0.3) is 0 Å². The highest BCUT2D eigenvalue weighted by Gasteiger charge is 2.29. The zero-order chi connectivity index (χ0) is 23.3. The summed E-state index contributed by atoms with van der Waals surface area (Å²) in [6.45, 7) is 4.39. The average Bonchev–Trinajstić information content (AvgIpc) is 2.79. The van der Waals surface area contributed by atoms with Crippen LogP contribution in [-0.2, 0) is 14.8 Å². The van der Waals surface area contributed by atoms with Crippen LogP contribution in [0.15, 0.2) is 58.4 Å². The van der Waals surface area contributed by atoms with Crippen molar-refractivity contribution in [2.45, 2.75) is 31.1 Å². The molecule has 0 aromatic heterocycles. The standard InChI is InChI=1S/C23H26N4O3S2/c1-17(2)20-7-4-5-8-21(20)25-23-27(13-6-14-31-23)22(28)16-26(3)32(29,30)19-11-9-18(15-24)10-12-19/h4-5,7-12,17H,6,13-14,16H2,1-3H3.